The van der Waals surface area contributed by atoms with Gasteiger partial charge in [-0.15, -0.1) is 0 Å². The number of rotatable bonds is 2. The third-order valence-corrected chi connectivity index (χ3v) is 4.09. The zero-order valence-corrected chi connectivity index (χ0v) is 12.7. The summed E-state index contributed by atoms with van der Waals surface area (Å²) < 4.78 is 10.8. The van der Waals surface area contributed by atoms with Crippen LogP contribution in [-0.4, -0.2) is 21.7 Å². The molecule has 0 saturated heterocycles. The Balaban J connectivity index is 1.59. The molecule has 5 rings (SSSR count). The predicted octanol–water partition coefficient (Wildman–Crippen LogP) is 4.02. The zero-order chi connectivity index (χ0) is 15.9. The number of nitrogens with zero attached hydrogens (tertiary/aromatic N) is 2. The lowest BCUT2D eigenvalue weighted by molar-refractivity contribution is 0.174. The fraction of sp³-hybridized carbons (Fsp3) is 0.0526. The summed E-state index contributed by atoms with van der Waals surface area (Å²) in [6, 6.07) is 18.0. The van der Waals surface area contributed by atoms with Gasteiger partial charge in [-0.25, -0.2) is 9.97 Å². The van der Waals surface area contributed by atoms with Crippen LogP contribution in [0.25, 0.3) is 33.7 Å². The van der Waals surface area contributed by atoms with Crippen molar-refractivity contribution in [2.24, 2.45) is 0 Å². The Bertz CT molecular complexity index is 1040. The van der Waals surface area contributed by atoms with Gasteiger partial charge in [0, 0.05) is 17.3 Å². The van der Waals surface area contributed by atoms with Gasteiger partial charge < -0.3 is 14.5 Å². The van der Waals surface area contributed by atoms with Crippen molar-refractivity contribution >= 4 is 11.2 Å². The van der Waals surface area contributed by atoms with E-state index in [4.69, 9.17) is 9.47 Å². The van der Waals surface area contributed by atoms with Crippen molar-refractivity contribution in [2.75, 3.05) is 6.79 Å². The second kappa shape index (κ2) is 5.09. The molecule has 0 amide bonds. The van der Waals surface area contributed by atoms with E-state index < -0.39 is 0 Å². The van der Waals surface area contributed by atoms with Crippen LogP contribution in [-0.2, 0) is 0 Å². The van der Waals surface area contributed by atoms with Gasteiger partial charge in [-0.1, -0.05) is 30.3 Å². The number of pyridine rings is 1. The van der Waals surface area contributed by atoms with E-state index in [0.29, 0.717) is 5.65 Å². The normalized spacial score (nSPS) is 12.7. The Hall–Kier alpha value is -3.34. The van der Waals surface area contributed by atoms with Crippen LogP contribution in [0.1, 0.15) is 0 Å². The van der Waals surface area contributed by atoms with Gasteiger partial charge in [0.1, 0.15) is 5.82 Å². The van der Waals surface area contributed by atoms with E-state index in [1.807, 2.05) is 42.6 Å². The number of H-pyrrole nitrogens is 1. The lowest BCUT2D eigenvalue weighted by Gasteiger charge is -2.00. The summed E-state index contributed by atoms with van der Waals surface area (Å²) in [6.07, 6.45) is 1.85. The second-order valence-corrected chi connectivity index (χ2v) is 5.61. The third kappa shape index (κ3) is 2.10. The number of hydrogen-bond donors (Lipinski definition) is 1. The maximum absolute atomic E-state index is 5.43. The highest BCUT2D eigenvalue weighted by Gasteiger charge is 2.15. The molecule has 2 aromatic heterocycles. The van der Waals surface area contributed by atoms with Crippen LogP contribution in [0.15, 0.2) is 60.8 Å². The van der Waals surface area contributed by atoms with Gasteiger partial charge in [-0.3, -0.25) is 0 Å². The Labute approximate surface area is 137 Å². The van der Waals surface area contributed by atoms with Crippen LogP contribution in [0.4, 0.5) is 0 Å². The summed E-state index contributed by atoms with van der Waals surface area (Å²) in [5, 5.41) is 0. The molecule has 1 aliphatic heterocycles. The summed E-state index contributed by atoms with van der Waals surface area (Å²) in [5.41, 5.74) is 4.74. The van der Waals surface area contributed by atoms with Crippen molar-refractivity contribution in [3.63, 3.8) is 0 Å². The minimum atomic E-state index is 0.265. The van der Waals surface area contributed by atoms with E-state index in [-0.39, 0.29) is 6.79 Å². The molecule has 0 unspecified atom stereocenters. The first-order chi connectivity index (χ1) is 11.9. The zero-order valence-electron chi connectivity index (χ0n) is 12.7. The van der Waals surface area contributed by atoms with E-state index in [2.05, 4.69) is 33.2 Å². The predicted molar refractivity (Wildman–Crippen MR) is 90.9 cm³/mol. The first kappa shape index (κ1) is 13.1. The fourth-order valence-electron chi connectivity index (χ4n) is 2.87. The van der Waals surface area contributed by atoms with Gasteiger partial charge in [0.2, 0.25) is 6.79 Å². The van der Waals surface area contributed by atoms with Crippen LogP contribution in [0, 0.1) is 0 Å². The molecular weight excluding hydrogens is 302 g/mol. The summed E-state index contributed by atoms with van der Waals surface area (Å²) in [5.74, 6) is 2.27. The lowest BCUT2D eigenvalue weighted by Crippen LogP contribution is -1.92. The third-order valence-electron chi connectivity index (χ3n) is 4.09. The highest BCUT2D eigenvalue weighted by Crippen LogP contribution is 2.35. The topological polar surface area (TPSA) is 60.0 Å². The molecule has 5 nitrogen and oxygen atoms in total. The van der Waals surface area contributed by atoms with Gasteiger partial charge in [-0.2, -0.15) is 0 Å². The average molecular weight is 315 g/mol. The molecule has 0 bridgehead atoms. The fourth-order valence-corrected chi connectivity index (χ4v) is 2.87. The van der Waals surface area contributed by atoms with E-state index in [0.717, 1.165) is 39.5 Å². The first-order valence-corrected chi connectivity index (χ1v) is 7.68. The number of fused-ring (bicyclic) bond motifs is 2. The molecule has 116 valence electrons. The molecule has 2 aromatic carbocycles. The SMILES string of the molecule is c1ccc(-c2cnc3nc(-c4ccc5c(c4)OCO5)[nH]c3c2)cc1. The first-order valence-electron chi connectivity index (χ1n) is 7.68. The summed E-state index contributed by atoms with van der Waals surface area (Å²) >= 11 is 0. The van der Waals surface area contributed by atoms with Gasteiger partial charge in [-0.05, 0) is 29.8 Å². The minimum Gasteiger partial charge on any atom is -0.454 e. The van der Waals surface area contributed by atoms with Crippen molar-refractivity contribution in [3.8, 4) is 34.0 Å². The quantitative estimate of drug-likeness (QED) is 0.607. The van der Waals surface area contributed by atoms with Crippen LogP contribution in [0.2, 0.25) is 0 Å². The monoisotopic (exact) mass is 315 g/mol. The standard InChI is InChI=1S/C19H13N3O2/c1-2-4-12(5-3-1)14-8-15-19(20-10-14)22-18(21-15)13-6-7-16-17(9-13)24-11-23-16/h1-10H,11H2,(H,20,21,22). The molecule has 24 heavy (non-hydrogen) atoms. The van der Waals surface area contributed by atoms with Gasteiger partial charge in [0.25, 0.3) is 0 Å². The summed E-state index contributed by atoms with van der Waals surface area (Å²) in [4.78, 5) is 12.4. The Morgan fingerprint density at radius 3 is 2.62 bits per heavy atom. The van der Waals surface area contributed by atoms with Crippen LogP contribution >= 0.6 is 0 Å². The maximum atomic E-state index is 5.43. The number of ether oxygens (including phenoxy) is 2. The maximum Gasteiger partial charge on any atom is 0.231 e. The molecule has 0 spiro atoms. The van der Waals surface area contributed by atoms with E-state index >= 15 is 0 Å². The van der Waals surface area contributed by atoms with Gasteiger partial charge >= 0.3 is 0 Å². The molecule has 1 N–H and O–H groups in total. The summed E-state index contributed by atoms with van der Waals surface area (Å²) in [7, 11) is 0. The molecule has 3 heterocycles. The lowest BCUT2D eigenvalue weighted by atomic mass is 10.1. The van der Waals surface area contributed by atoms with Gasteiger partial charge in [0.15, 0.2) is 17.1 Å². The number of imidazole rings is 1. The van der Waals surface area contributed by atoms with Crippen molar-refractivity contribution in [3.05, 3.63) is 60.8 Å². The Morgan fingerprint density at radius 1 is 0.833 bits per heavy atom. The highest BCUT2D eigenvalue weighted by atomic mass is 16.7. The number of hydrogen-bond acceptors (Lipinski definition) is 4. The molecule has 0 saturated carbocycles. The van der Waals surface area contributed by atoms with E-state index in [1.54, 1.807) is 0 Å². The van der Waals surface area contributed by atoms with Crippen LogP contribution in [0.3, 0.4) is 0 Å². The molecule has 0 radical (unpaired) electrons. The molecule has 0 fully saturated rings. The molecule has 5 heteroatoms. The van der Waals surface area contributed by atoms with Crippen molar-refractivity contribution in [1.82, 2.24) is 15.0 Å². The van der Waals surface area contributed by atoms with E-state index in [1.165, 1.54) is 0 Å². The molecule has 0 atom stereocenters. The van der Waals surface area contributed by atoms with Crippen LogP contribution in [0.5, 0.6) is 11.5 Å². The highest BCUT2D eigenvalue weighted by molar-refractivity contribution is 5.81. The minimum absolute atomic E-state index is 0.265. The summed E-state index contributed by atoms with van der Waals surface area (Å²) in [6.45, 7) is 0.265. The molecule has 0 aliphatic carbocycles. The Kier molecular flexibility index (Phi) is 2.79. The average Bonchev–Trinajstić information content (AvgIpc) is 3.27. The number of benzene rings is 2. The second-order valence-electron chi connectivity index (χ2n) is 5.61. The Morgan fingerprint density at radius 2 is 1.71 bits per heavy atom. The number of aromatic nitrogens is 3. The van der Waals surface area contributed by atoms with Gasteiger partial charge in [0.05, 0.1) is 5.52 Å². The molecule has 4 aromatic rings. The number of nitrogens with one attached hydrogen (secondary N) is 1. The largest absolute Gasteiger partial charge is 0.454 e. The van der Waals surface area contributed by atoms with Crippen molar-refractivity contribution in [2.45, 2.75) is 0 Å². The van der Waals surface area contributed by atoms with Crippen LogP contribution < -0.4 is 9.47 Å². The molecular formula is C19H13N3O2. The van der Waals surface area contributed by atoms with E-state index in [9.17, 15) is 0 Å². The van der Waals surface area contributed by atoms with Crippen molar-refractivity contribution < 1.29 is 9.47 Å². The molecule has 1 aliphatic rings. The number of aromatic amines is 1. The van der Waals surface area contributed by atoms with Crippen molar-refractivity contribution in [1.29, 1.82) is 0 Å². The smallest absolute Gasteiger partial charge is 0.231 e.